The number of phenolic OH excluding ortho intramolecular Hbond substituents is 1. The largest absolute Gasteiger partial charge is 0.507 e. The number of carbonyl (C=O) groups is 2. The first-order chi connectivity index (χ1) is 13.1. The van der Waals surface area contributed by atoms with Gasteiger partial charge >= 0.3 is 6.03 Å². The molecule has 2 N–H and O–H groups in total. The van der Waals surface area contributed by atoms with Crippen molar-refractivity contribution in [3.63, 3.8) is 0 Å². The molecule has 1 saturated heterocycles. The Bertz CT molecular complexity index is 806. The molecule has 0 aliphatic carbocycles. The molecule has 0 saturated carbocycles. The summed E-state index contributed by atoms with van der Waals surface area (Å²) in [6, 6.07) is 2.69. The molecule has 0 aromatic heterocycles. The number of likely N-dealkylation sites (tertiary alicyclic amines) is 1. The van der Waals surface area contributed by atoms with Gasteiger partial charge in [-0.15, -0.1) is 0 Å². The van der Waals surface area contributed by atoms with Crippen LogP contribution in [0, 0.1) is 0 Å². The molecule has 0 bridgehead atoms. The molecule has 1 aliphatic rings. The van der Waals surface area contributed by atoms with Gasteiger partial charge < -0.3 is 5.11 Å². The molecular weight excluding hydrogens is 368 g/mol. The number of hydrogen-bond donors (Lipinski definition) is 2. The fourth-order valence-electron chi connectivity index (χ4n) is 3.36. The Kier molecular flexibility index (Phi) is 6.19. The van der Waals surface area contributed by atoms with Gasteiger partial charge in [0.05, 0.1) is 6.04 Å². The van der Waals surface area contributed by atoms with Gasteiger partial charge in [-0.3, -0.25) is 14.9 Å². The van der Waals surface area contributed by atoms with Gasteiger partial charge in [0.1, 0.15) is 5.75 Å². The second kappa shape index (κ2) is 7.82. The van der Waals surface area contributed by atoms with E-state index in [1.165, 1.54) is 0 Å². The highest BCUT2D eigenvalue weighted by Gasteiger charge is 2.34. The molecule has 0 spiro atoms. The van der Waals surface area contributed by atoms with Gasteiger partial charge in [-0.1, -0.05) is 41.5 Å². The lowest BCUT2D eigenvalue weighted by molar-refractivity contribution is -0.127. The molecular formula is C23H34N2O4. The standard InChI is InChI=1S/C23H34N2O4/c1-14(2)25(29)21(28)24-10-9-16(20(24)27)11-15-12-17(22(3,4)5)19(26)18(13-15)23(6,7)8/h11-14,26,29H,9-10H2,1-8H3. The maximum atomic E-state index is 12.8. The maximum absolute atomic E-state index is 12.8. The quantitative estimate of drug-likeness (QED) is 0.422. The summed E-state index contributed by atoms with van der Waals surface area (Å²) in [5.74, 6) is -0.105. The lowest BCUT2D eigenvalue weighted by atomic mass is 9.78. The topological polar surface area (TPSA) is 81.1 Å². The molecule has 1 aromatic carbocycles. The van der Waals surface area contributed by atoms with Crippen LogP contribution in [0.5, 0.6) is 5.75 Å². The van der Waals surface area contributed by atoms with Crippen LogP contribution in [0.25, 0.3) is 6.08 Å². The van der Waals surface area contributed by atoms with E-state index in [1.54, 1.807) is 19.9 Å². The van der Waals surface area contributed by atoms with Gasteiger partial charge in [-0.25, -0.2) is 9.86 Å². The highest BCUT2D eigenvalue weighted by Crippen LogP contribution is 2.40. The molecule has 160 valence electrons. The van der Waals surface area contributed by atoms with Gasteiger partial charge in [0, 0.05) is 23.2 Å². The molecule has 1 aliphatic heterocycles. The Morgan fingerprint density at radius 3 is 2.00 bits per heavy atom. The SMILES string of the molecule is CC(C)N(O)C(=O)N1CCC(=Cc2cc(C(C)(C)C)c(O)c(C(C)(C)C)c2)C1=O. The lowest BCUT2D eigenvalue weighted by Gasteiger charge is -2.28. The molecule has 3 amide bonds. The number of urea groups is 1. The van der Waals surface area contributed by atoms with Crippen LogP contribution in [0.1, 0.15) is 78.5 Å². The van der Waals surface area contributed by atoms with Crippen molar-refractivity contribution in [1.82, 2.24) is 9.96 Å². The number of nitrogens with zero attached hydrogens (tertiary/aromatic N) is 2. The summed E-state index contributed by atoms with van der Waals surface area (Å²) in [6.07, 6.45) is 2.21. The molecule has 6 heteroatoms. The summed E-state index contributed by atoms with van der Waals surface area (Å²) in [4.78, 5) is 26.2. The van der Waals surface area contributed by atoms with Crippen LogP contribution in [0.2, 0.25) is 0 Å². The zero-order chi connectivity index (χ0) is 22.3. The van der Waals surface area contributed by atoms with Gasteiger partial charge in [-0.2, -0.15) is 0 Å². The fraction of sp³-hybridized carbons (Fsp3) is 0.565. The predicted octanol–water partition coefficient (Wildman–Crippen LogP) is 4.82. The van der Waals surface area contributed by atoms with E-state index in [4.69, 9.17) is 0 Å². The number of aromatic hydroxyl groups is 1. The number of benzene rings is 1. The van der Waals surface area contributed by atoms with Crippen molar-refractivity contribution in [2.24, 2.45) is 0 Å². The Balaban J connectivity index is 2.47. The smallest absolute Gasteiger partial charge is 0.350 e. The van der Waals surface area contributed by atoms with Crippen molar-refractivity contribution in [2.45, 2.75) is 78.7 Å². The van der Waals surface area contributed by atoms with Crippen LogP contribution < -0.4 is 0 Å². The van der Waals surface area contributed by atoms with E-state index in [-0.39, 0.29) is 23.1 Å². The van der Waals surface area contributed by atoms with Crippen molar-refractivity contribution in [3.8, 4) is 5.75 Å². The highest BCUT2D eigenvalue weighted by molar-refractivity contribution is 6.08. The highest BCUT2D eigenvalue weighted by atomic mass is 16.5. The fourth-order valence-corrected chi connectivity index (χ4v) is 3.36. The van der Waals surface area contributed by atoms with Gasteiger partial charge in [0.25, 0.3) is 5.91 Å². The maximum Gasteiger partial charge on any atom is 0.350 e. The number of phenols is 1. The van der Waals surface area contributed by atoms with E-state index in [2.05, 4.69) is 0 Å². The second-order valence-corrected chi connectivity index (χ2v) is 10.1. The van der Waals surface area contributed by atoms with Crippen molar-refractivity contribution in [1.29, 1.82) is 0 Å². The normalized spacial score (nSPS) is 16.8. The van der Waals surface area contributed by atoms with Crippen LogP contribution in [0.4, 0.5) is 4.79 Å². The van der Waals surface area contributed by atoms with E-state index >= 15 is 0 Å². The Labute approximate surface area is 173 Å². The first kappa shape index (κ1) is 22.9. The van der Waals surface area contributed by atoms with Crippen molar-refractivity contribution in [2.75, 3.05) is 6.54 Å². The Morgan fingerprint density at radius 2 is 1.59 bits per heavy atom. The Hall–Kier alpha value is -2.34. The average molecular weight is 403 g/mol. The minimum atomic E-state index is -0.704. The van der Waals surface area contributed by atoms with E-state index in [0.717, 1.165) is 21.6 Å². The van der Waals surface area contributed by atoms with Gasteiger partial charge in [0.2, 0.25) is 0 Å². The molecule has 1 fully saturated rings. The van der Waals surface area contributed by atoms with Crippen LogP contribution in [-0.2, 0) is 15.6 Å². The number of carbonyl (C=O) groups excluding carboxylic acids is 2. The number of imide groups is 1. The van der Waals surface area contributed by atoms with E-state index in [0.29, 0.717) is 17.1 Å². The summed E-state index contributed by atoms with van der Waals surface area (Å²) in [5, 5.41) is 21.3. The minimum absolute atomic E-state index is 0.240. The third-order valence-electron chi connectivity index (χ3n) is 5.13. The number of amides is 3. The first-order valence-electron chi connectivity index (χ1n) is 10.1. The summed E-state index contributed by atoms with van der Waals surface area (Å²) in [5.41, 5.74) is 2.43. The first-order valence-corrected chi connectivity index (χ1v) is 10.1. The molecule has 6 nitrogen and oxygen atoms in total. The predicted molar refractivity (Wildman–Crippen MR) is 114 cm³/mol. The molecule has 29 heavy (non-hydrogen) atoms. The van der Waals surface area contributed by atoms with Gasteiger partial charge in [-0.05, 0) is 54.9 Å². The number of rotatable bonds is 2. The molecule has 0 atom stereocenters. The summed E-state index contributed by atoms with van der Waals surface area (Å²) in [7, 11) is 0. The van der Waals surface area contributed by atoms with Crippen LogP contribution in [0.3, 0.4) is 0 Å². The monoisotopic (exact) mass is 402 g/mol. The third kappa shape index (κ3) is 4.81. The van der Waals surface area contributed by atoms with Crippen molar-refractivity contribution >= 4 is 18.0 Å². The zero-order valence-electron chi connectivity index (χ0n) is 18.8. The van der Waals surface area contributed by atoms with E-state index < -0.39 is 18.0 Å². The number of hydrogen-bond acceptors (Lipinski definition) is 4. The summed E-state index contributed by atoms with van der Waals surface area (Å²) < 4.78 is 0. The molecule has 0 unspecified atom stereocenters. The minimum Gasteiger partial charge on any atom is -0.507 e. The third-order valence-corrected chi connectivity index (χ3v) is 5.13. The lowest BCUT2D eigenvalue weighted by Crippen LogP contribution is -2.45. The molecule has 2 rings (SSSR count). The van der Waals surface area contributed by atoms with Gasteiger partial charge in [0.15, 0.2) is 0 Å². The van der Waals surface area contributed by atoms with E-state index in [1.807, 2.05) is 53.7 Å². The second-order valence-electron chi connectivity index (χ2n) is 10.1. The number of hydroxylamine groups is 2. The molecule has 1 aromatic rings. The summed E-state index contributed by atoms with van der Waals surface area (Å²) >= 11 is 0. The van der Waals surface area contributed by atoms with Crippen molar-refractivity contribution < 1.29 is 19.9 Å². The van der Waals surface area contributed by atoms with Crippen LogP contribution >= 0.6 is 0 Å². The zero-order valence-corrected chi connectivity index (χ0v) is 18.8. The molecule has 1 heterocycles. The molecule has 0 radical (unpaired) electrons. The summed E-state index contributed by atoms with van der Waals surface area (Å²) in [6.45, 7) is 15.8. The average Bonchev–Trinajstić information content (AvgIpc) is 2.93. The van der Waals surface area contributed by atoms with Crippen LogP contribution in [0.15, 0.2) is 17.7 Å². The van der Waals surface area contributed by atoms with Crippen molar-refractivity contribution in [3.05, 3.63) is 34.4 Å². The Morgan fingerprint density at radius 1 is 1.10 bits per heavy atom. The van der Waals surface area contributed by atoms with E-state index in [9.17, 15) is 19.9 Å². The van der Waals surface area contributed by atoms with Crippen LogP contribution in [-0.4, -0.2) is 44.8 Å².